The van der Waals surface area contributed by atoms with Crippen molar-refractivity contribution < 1.29 is 90.2 Å². The standard InChI is InChI=1S/2H3N.2H2O4S.6H2O.Zn/c;;2*1-5(2,3)4;;;;;;;/h2*1H3;2*(H2,1,2,3,4);6*1H2;/q;;;;;;;;;;+2/p+2. The molecule has 19 heteroatoms. The van der Waals surface area contributed by atoms with Crippen LogP contribution in [0.15, 0.2) is 0 Å². The molecule has 0 aromatic carbocycles. The summed E-state index contributed by atoms with van der Waals surface area (Å²) in [6.45, 7) is 0. The second-order valence-corrected chi connectivity index (χ2v) is 2.45. The fraction of sp³-hybridized carbons (Fsp3) is 0. The molecular formula is H24N2O14S2Zn+4. The summed E-state index contributed by atoms with van der Waals surface area (Å²) in [5, 5.41) is 0. The van der Waals surface area contributed by atoms with E-state index in [1.165, 1.54) is 0 Å². The molecule has 0 aliphatic rings. The molecule has 0 atom stereocenters. The Morgan fingerprint density at radius 3 is 0.579 bits per heavy atom. The predicted octanol–water partition coefficient (Wildman–Crippen LogP) is -5.74. The molecule has 0 aliphatic heterocycles. The molecule has 0 aliphatic carbocycles. The Morgan fingerprint density at radius 2 is 0.579 bits per heavy atom. The van der Waals surface area contributed by atoms with E-state index in [1.807, 2.05) is 0 Å². The van der Waals surface area contributed by atoms with E-state index in [2.05, 4.69) is 0 Å². The number of quaternary nitrogens is 2. The molecular weight excluding hydrogens is 382 g/mol. The zero-order chi connectivity index (χ0) is 9.00. The van der Waals surface area contributed by atoms with Crippen LogP contribution >= 0.6 is 0 Å². The maximum Gasteiger partial charge on any atom is 2.00 e. The minimum absolute atomic E-state index is 0. The molecule has 0 spiro atoms. The third-order valence-corrected chi connectivity index (χ3v) is 0. The third-order valence-electron chi connectivity index (χ3n) is 0. The van der Waals surface area contributed by atoms with Crippen molar-refractivity contribution in [1.82, 2.24) is 12.3 Å². The Kier molecular flexibility index (Phi) is 182. The molecule has 0 unspecified atom stereocenters. The minimum atomic E-state index is -5.17. The molecule has 0 bridgehead atoms. The summed E-state index contributed by atoms with van der Waals surface area (Å²) >= 11 is 0. The van der Waals surface area contributed by atoms with Gasteiger partial charge >= 0.3 is 22.3 Å². The largest absolute Gasteiger partial charge is 2.00 e. The van der Waals surface area contributed by atoms with Gasteiger partial charge in [-0.25, -0.2) is 0 Å². The van der Waals surface area contributed by atoms with Crippen LogP contribution in [-0.2, 0) is 62.2 Å². The van der Waals surface area contributed by atoms with E-state index in [1.54, 1.807) is 0 Å². The van der Waals surface area contributed by atoms with Crippen molar-refractivity contribution in [3.05, 3.63) is 0 Å². The fourth-order valence-corrected chi connectivity index (χ4v) is 0. The van der Waals surface area contributed by atoms with Gasteiger partial charge in [-0.2, -0.15) is 0 Å². The smallest absolute Gasteiger partial charge is 0.870 e. The molecule has 0 rings (SSSR count). The maximum atomic E-state index is 8.52. The Labute approximate surface area is 124 Å². The van der Waals surface area contributed by atoms with E-state index in [0.29, 0.717) is 0 Å². The van der Waals surface area contributed by atoms with Gasteiger partial charge in [0.15, 0.2) is 0 Å². The fourth-order valence-electron chi connectivity index (χ4n) is 0. The van der Waals surface area contributed by atoms with Gasteiger partial charge in [0.25, 0.3) is 0 Å². The molecule has 19 heavy (non-hydrogen) atoms. The first-order valence-electron chi connectivity index (χ1n) is 1.33. The minimum Gasteiger partial charge on any atom is -0.870 e. The molecule has 0 saturated heterocycles. The second-order valence-electron chi connectivity index (χ2n) is 0.816. The molecule has 128 valence electrons. The van der Waals surface area contributed by atoms with Crippen LogP contribution in [0.25, 0.3) is 0 Å². The van der Waals surface area contributed by atoms with Crippen molar-refractivity contribution in [2.75, 3.05) is 0 Å². The Bertz CT molecular complexity index is 229. The summed E-state index contributed by atoms with van der Waals surface area (Å²) in [5.74, 6) is 0. The Morgan fingerprint density at radius 1 is 0.579 bits per heavy atom. The Balaban J connectivity index is -0.00000000364. The van der Waals surface area contributed by atoms with Gasteiger partial charge in [0.2, 0.25) is 0 Å². The van der Waals surface area contributed by atoms with Crippen LogP contribution in [0.2, 0.25) is 0 Å². The van der Waals surface area contributed by atoms with Gasteiger partial charge in [-0.3, -0.25) is 16.8 Å². The summed E-state index contributed by atoms with van der Waals surface area (Å²) in [4.78, 5) is 0. The van der Waals surface area contributed by atoms with Crippen molar-refractivity contribution in [1.29, 1.82) is 0 Å². The molecule has 0 aromatic rings. The van der Waals surface area contributed by atoms with Crippen molar-refractivity contribution >= 4 is 20.8 Å². The molecule has 0 saturated carbocycles. The maximum absolute atomic E-state index is 8.52. The van der Waals surface area contributed by atoms with Crippen molar-refractivity contribution in [2.24, 2.45) is 0 Å². The zero-order valence-electron chi connectivity index (χ0n) is 12.0. The van der Waals surface area contributed by atoms with E-state index in [-0.39, 0.29) is 67.5 Å². The van der Waals surface area contributed by atoms with Crippen molar-refractivity contribution in [3.8, 4) is 0 Å². The van der Waals surface area contributed by atoms with E-state index in [4.69, 9.17) is 35.0 Å². The van der Waals surface area contributed by atoms with Gasteiger partial charge in [-0.1, -0.05) is 0 Å². The van der Waals surface area contributed by atoms with Crippen LogP contribution in [0.5, 0.6) is 0 Å². The topological polar surface area (TPSA) is 426 Å². The van der Waals surface area contributed by atoms with E-state index in [0.717, 1.165) is 0 Å². The monoisotopic (exact) mass is 404 g/mol. The average molecular weight is 406 g/mol. The summed E-state index contributed by atoms with van der Waals surface area (Å²) in [6, 6.07) is 0. The number of hydrogen-bond acceptors (Lipinski definition) is 10. The van der Waals surface area contributed by atoms with Crippen LogP contribution < -0.4 is 12.3 Å². The van der Waals surface area contributed by atoms with Crippen molar-refractivity contribution in [2.45, 2.75) is 0 Å². The van der Waals surface area contributed by atoms with Crippen LogP contribution in [0.4, 0.5) is 0 Å². The van der Waals surface area contributed by atoms with Gasteiger partial charge in [-0.15, -0.1) is 0 Å². The average Bonchev–Trinajstić information content (AvgIpc) is 1.12. The SMILES string of the molecule is O=S(=O)([O-])[O-].O=S(=O)([O-])[O-].[H+].[H+].[NH4+].[NH4+].[OH-].[OH-].[OH3+].[OH3+].[OH3+].[OH3+].[Zn+2]. The van der Waals surface area contributed by atoms with Gasteiger partial charge in [0.05, 0.1) is 0 Å². The van der Waals surface area contributed by atoms with Gasteiger partial charge in [-0.05, 0) is 0 Å². The van der Waals surface area contributed by atoms with Gasteiger partial charge in [0, 0.05) is 20.8 Å². The van der Waals surface area contributed by atoms with E-state index < -0.39 is 20.8 Å². The summed E-state index contributed by atoms with van der Waals surface area (Å²) in [6.07, 6.45) is 0. The molecule has 0 amide bonds. The van der Waals surface area contributed by atoms with Crippen LogP contribution in [0, 0.1) is 0 Å². The van der Waals surface area contributed by atoms with Gasteiger partial charge in [0.1, 0.15) is 0 Å². The quantitative estimate of drug-likeness (QED) is 0.166. The molecule has 0 fully saturated rings. The third kappa shape index (κ3) is 2470000. The van der Waals surface area contributed by atoms with Crippen molar-refractivity contribution in [3.63, 3.8) is 0 Å². The first-order valence-corrected chi connectivity index (χ1v) is 4.00. The molecule has 0 aromatic heterocycles. The number of rotatable bonds is 0. The molecule has 22 N–H and O–H groups in total. The Hall–Kier alpha value is 0.0434. The summed E-state index contributed by atoms with van der Waals surface area (Å²) < 4.78 is 68.2. The predicted molar refractivity (Wildman–Crippen MR) is 58.5 cm³/mol. The number of hydrogen-bond donors (Lipinski definition) is 2. The van der Waals surface area contributed by atoms with Crippen LogP contribution in [0.1, 0.15) is 2.85 Å². The summed E-state index contributed by atoms with van der Waals surface area (Å²) in [7, 11) is -10.3. The van der Waals surface area contributed by atoms with Gasteiger partial charge < -0.3 is 63.4 Å². The first kappa shape index (κ1) is 95.8. The van der Waals surface area contributed by atoms with Crippen LogP contribution in [-0.4, -0.2) is 46.0 Å². The molecule has 0 heterocycles. The van der Waals surface area contributed by atoms with E-state index >= 15 is 0 Å². The first-order chi connectivity index (χ1) is 4.00. The molecule has 0 radical (unpaired) electrons. The normalized spacial score (nSPS) is 6.11. The van der Waals surface area contributed by atoms with E-state index in [9.17, 15) is 0 Å². The second kappa shape index (κ2) is 36.1. The molecule has 16 nitrogen and oxygen atoms in total. The van der Waals surface area contributed by atoms with Crippen LogP contribution in [0.3, 0.4) is 0 Å². The zero-order valence-corrected chi connectivity index (χ0v) is 14.6. The summed E-state index contributed by atoms with van der Waals surface area (Å²) in [5.41, 5.74) is 0.